The van der Waals surface area contributed by atoms with Crippen molar-refractivity contribution in [3.05, 3.63) is 0 Å². The van der Waals surface area contributed by atoms with E-state index in [0.29, 0.717) is 23.9 Å². The maximum atomic E-state index is 12.7. The zero-order valence-corrected chi connectivity index (χ0v) is 22.2. The first-order valence-corrected chi connectivity index (χ1v) is 15.5. The van der Waals surface area contributed by atoms with Gasteiger partial charge in [-0.2, -0.15) is 5.06 Å². The number of rotatable bonds is 4. The Bertz CT molecular complexity index is 706. The number of carbonyl (C=O) groups is 1. The molecule has 6 heteroatoms. The van der Waals surface area contributed by atoms with Crippen LogP contribution in [-0.2, 0) is 18.8 Å². The van der Waals surface area contributed by atoms with E-state index in [2.05, 4.69) is 47.7 Å². The van der Waals surface area contributed by atoms with Crippen molar-refractivity contribution in [1.82, 2.24) is 5.06 Å². The minimum atomic E-state index is -1.80. The van der Waals surface area contributed by atoms with Crippen molar-refractivity contribution in [3.8, 4) is 0 Å². The third-order valence-electron chi connectivity index (χ3n) is 10.0. The van der Waals surface area contributed by atoms with Crippen LogP contribution in [0.1, 0.15) is 73.6 Å². The summed E-state index contributed by atoms with van der Waals surface area (Å²) in [6.07, 6.45) is 6.37. The molecule has 5 nitrogen and oxygen atoms in total. The van der Waals surface area contributed by atoms with E-state index in [9.17, 15) is 4.79 Å². The van der Waals surface area contributed by atoms with Gasteiger partial charge in [0.2, 0.25) is 0 Å². The second kappa shape index (κ2) is 7.81. The van der Waals surface area contributed by atoms with E-state index in [4.69, 9.17) is 14.0 Å². The topological polar surface area (TPSA) is 48.0 Å². The Kier molecular flexibility index (Phi) is 5.98. The number of hydrogen-bond donors (Lipinski definition) is 0. The number of likely N-dealkylation sites (N-methyl/N-ethyl adjacent to an activating group) is 1. The van der Waals surface area contributed by atoms with E-state index in [1.54, 1.807) is 0 Å². The van der Waals surface area contributed by atoms with Crippen molar-refractivity contribution in [2.24, 2.45) is 29.1 Å². The molecule has 178 valence electrons. The second-order valence-corrected chi connectivity index (χ2v) is 17.5. The van der Waals surface area contributed by atoms with Crippen LogP contribution < -0.4 is 0 Å². The SMILES string of the molecule is C[C@H]([C@H]1OC(=O)[C@H]2[C@@H]1N(C)O[C@@H]2C)[C@H]1CC[C@H]2[C@@H](O[Si](C)(C)C(C)(C)C)CCC[C@]12C. The van der Waals surface area contributed by atoms with Crippen LogP contribution in [0.25, 0.3) is 0 Å². The third kappa shape index (κ3) is 3.73. The van der Waals surface area contributed by atoms with Crippen LogP contribution in [0, 0.1) is 29.1 Å². The highest BCUT2D eigenvalue weighted by Gasteiger charge is 2.61. The molecule has 2 saturated heterocycles. The lowest BCUT2D eigenvalue weighted by Crippen LogP contribution is -2.51. The number of nitrogens with zero attached hydrogens (tertiary/aromatic N) is 1. The van der Waals surface area contributed by atoms with E-state index >= 15 is 0 Å². The average molecular weight is 452 g/mol. The first-order chi connectivity index (χ1) is 14.3. The Morgan fingerprint density at radius 1 is 1.23 bits per heavy atom. The van der Waals surface area contributed by atoms with Gasteiger partial charge in [0.25, 0.3) is 0 Å². The fraction of sp³-hybridized carbons (Fsp3) is 0.960. The molecule has 0 spiro atoms. The van der Waals surface area contributed by atoms with Gasteiger partial charge in [-0.1, -0.05) is 41.0 Å². The maximum absolute atomic E-state index is 12.7. The number of hydrogen-bond acceptors (Lipinski definition) is 5. The van der Waals surface area contributed by atoms with E-state index in [-0.39, 0.29) is 40.6 Å². The van der Waals surface area contributed by atoms with E-state index in [1.807, 2.05) is 19.0 Å². The molecule has 4 fully saturated rings. The highest BCUT2D eigenvalue weighted by molar-refractivity contribution is 6.74. The van der Waals surface area contributed by atoms with Crippen molar-refractivity contribution < 1.29 is 18.8 Å². The Hall–Kier alpha value is -0.433. The lowest BCUT2D eigenvalue weighted by Gasteiger charge is -2.50. The van der Waals surface area contributed by atoms with Crippen LogP contribution >= 0.6 is 0 Å². The van der Waals surface area contributed by atoms with E-state index in [0.717, 1.165) is 0 Å². The molecule has 0 aromatic rings. The Labute approximate surface area is 190 Å². The predicted octanol–water partition coefficient (Wildman–Crippen LogP) is 5.41. The molecule has 0 amide bonds. The van der Waals surface area contributed by atoms with Crippen molar-refractivity contribution >= 4 is 14.3 Å². The average Bonchev–Trinajstić information content (AvgIpc) is 3.26. The summed E-state index contributed by atoms with van der Waals surface area (Å²) < 4.78 is 13.1. The third-order valence-corrected chi connectivity index (χ3v) is 14.5. The molecular weight excluding hydrogens is 406 g/mol. The number of ether oxygens (including phenoxy) is 1. The van der Waals surface area contributed by atoms with Crippen molar-refractivity contribution in [2.75, 3.05) is 7.05 Å². The summed E-state index contributed by atoms with van der Waals surface area (Å²) in [7, 11) is 0.168. The van der Waals surface area contributed by atoms with Gasteiger partial charge in [-0.05, 0) is 73.9 Å². The van der Waals surface area contributed by atoms with Crippen LogP contribution in [0.4, 0.5) is 0 Å². The zero-order chi connectivity index (χ0) is 22.9. The fourth-order valence-corrected chi connectivity index (χ4v) is 8.69. The molecule has 4 aliphatic rings. The quantitative estimate of drug-likeness (QED) is 0.423. The highest BCUT2D eigenvalue weighted by atomic mass is 28.4. The molecule has 2 aliphatic heterocycles. The molecule has 0 radical (unpaired) electrons. The van der Waals surface area contributed by atoms with Gasteiger partial charge >= 0.3 is 5.97 Å². The molecule has 31 heavy (non-hydrogen) atoms. The minimum absolute atomic E-state index is 0.0445. The van der Waals surface area contributed by atoms with Gasteiger partial charge in [-0.15, -0.1) is 0 Å². The van der Waals surface area contributed by atoms with Crippen molar-refractivity contribution in [1.29, 1.82) is 0 Å². The molecule has 0 unspecified atom stereocenters. The smallest absolute Gasteiger partial charge is 0.313 e. The number of hydroxylamine groups is 2. The van der Waals surface area contributed by atoms with Crippen LogP contribution in [0.15, 0.2) is 0 Å². The summed E-state index contributed by atoms with van der Waals surface area (Å²) in [4.78, 5) is 18.6. The highest BCUT2D eigenvalue weighted by Crippen LogP contribution is 2.60. The molecule has 2 saturated carbocycles. The molecule has 0 bridgehead atoms. The standard InChI is InChI=1S/C25H45NO4Si/c1-15(22-21-20(23(27)28-22)16(2)29-26(21)7)17-12-13-18-19(11-10-14-25(17,18)6)30-31(8,9)24(3,4)5/h15-22H,10-14H2,1-9H3/t15-,16+,17+,18-,19-,20+,21-,22+,25+/m0/s1. The molecule has 2 aliphatic carbocycles. The van der Waals surface area contributed by atoms with Gasteiger partial charge < -0.3 is 9.16 Å². The molecular formula is C25H45NO4Si. The van der Waals surface area contributed by atoms with Gasteiger partial charge in [0, 0.05) is 13.2 Å². The van der Waals surface area contributed by atoms with Gasteiger partial charge in [0.1, 0.15) is 12.0 Å². The van der Waals surface area contributed by atoms with Crippen LogP contribution in [-0.4, -0.2) is 50.8 Å². The Morgan fingerprint density at radius 2 is 1.90 bits per heavy atom. The number of cyclic esters (lactones) is 1. The van der Waals surface area contributed by atoms with Gasteiger partial charge in [-0.25, -0.2) is 0 Å². The summed E-state index contributed by atoms with van der Waals surface area (Å²) in [5, 5.41) is 2.14. The summed E-state index contributed by atoms with van der Waals surface area (Å²) in [6, 6.07) is 0.0445. The van der Waals surface area contributed by atoms with Crippen LogP contribution in [0.2, 0.25) is 18.1 Å². The summed E-state index contributed by atoms with van der Waals surface area (Å²) in [5.74, 6) is 1.29. The van der Waals surface area contributed by atoms with Crippen molar-refractivity contribution in [2.45, 2.75) is 116 Å². The zero-order valence-electron chi connectivity index (χ0n) is 21.2. The summed E-state index contributed by atoms with van der Waals surface area (Å²) in [5.41, 5.74) is 0.263. The first-order valence-electron chi connectivity index (χ1n) is 12.6. The first kappa shape index (κ1) is 23.7. The predicted molar refractivity (Wildman–Crippen MR) is 125 cm³/mol. The molecule has 0 N–H and O–H groups in total. The fourth-order valence-electron chi connectivity index (χ4n) is 7.29. The lowest BCUT2D eigenvalue weighted by atomic mass is 9.61. The van der Waals surface area contributed by atoms with Crippen LogP contribution in [0.5, 0.6) is 0 Å². The molecule has 0 aromatic carbocycles. The van der Waals surface area contributed by atoms with Gasteiger partial charge in [-0.3, -0.25) is 9.63 Å². The lowest BCUT2D eigenvalue weighted by molar-refractivity contribution is -0.179. The molecule has 4 rings (SSSR count). The van der Waals surface area contributed by atoms with Crippen LogP contribution in [0.3, 0.4) is 0 Å². The maximum Gasteiger partial charge on any atom is 0.313 e. The second-order valence-electron chi connectivity index (χ2n) is 12.7. The largest absolute Gasteiger partial charge is 0.460 e. The van der Waals surface area contributed by atoms with E-state index < -0.39 is 8.32 Å². The Balaban J connectivity index is 1.53. The summed E-state index contributed by atoms with van der Waals surface area (Å²) in [6.45, 7) is 18.6. The van der Waals surface area contributed by atoms with Gasteiger partial charge in [0.05, 0.1) is 12.1 Å². The molecule has 9 atom stereocenters. The minimum Gasteiger partial charge on any atom is -0.460 e. The number of carbonyl (C=O) groups excluding carboxylic acids is 1. The van der Waals surface area contributed by atoms with Gasteiger partial charge in [0.15, 0.2) is 8.32 Å². The normalized spacial score (nSPS) is 44.8. The summed E-state index contributed by atoms with van der Waals surface area (Å²) >= 11 is 0. The molecule has 0 aromatic heterocycles. The number of esters is 1. The molecule has 2 heterocycles. The monoisotopic (exact) mass is 451 g/mol. The Morgan fingerprint density at radius 3 is 2.55 bits per heavy atom. The van der Waals surface area contributed by atoms with E-state index in [1.165, 1.54) is 32.1 Å². The number of fused-ring (bicyclic) bond motifs is 2. The van der Waals surface area contributed by atoms with Crippen molar-refractivity contribution in [3.63, 3.8) is 0 Å².